The van der Waals surface area contributed by atoms with Gasteiger partial charge in [-0.05, 0) is 0 Å². The average molecular weight is 338 g/mol. The molecule has 2 rings (SSSR count). The van der Waals surface area contributed by atoms with Crippen molar-refractivity contribution < 1.29 is 36.3 Å². The minimum absolute atomic E-state index is 0. The SMILES string of the molecule is [Cu].[O-][Si]([O-])c1ccccc1.[O-][Si]([O-])c1ccccc1. The molecule has 0 heterocycles. The third-order valence-electron chi connectivity index (χ3n) is 2.02. The maximum Gasteiger partial charge on any atom is 0 e. The van der Waals surface area contributed by atoms with Gasteiger partial charge in [0.15, 0.2) is 0 Å². The van der Waals surface area contributed by atoms with E-state index in [1.807, 2.05) is 0 Å². The largest absolute Gasteiger partial charge is 0.869 e. The summed E-state index contributed by atoms with van der Waals surface area (Å²) in [5.41, 5.74) is 0. The Hall–Kier alpha value is -0.767. The van der Waals surface area contributed by atoms with Crippen molar-refractivity contribution in [2.24, 2.45) is 0 Å². The zero-order valence-electron chi connectivity index (χ0n) is 9.71. The summed E-state index contributed by atoms with van der Waals surface area (Å²) in [6, 6.07) is 16.7. The Kier molecular flexibility index (Phi) is 9.67. The summed E-state index contributed by atoms with van der Waals surface area (Å²) in [5, 5.41) is 0.810. The third-order valence-corrected chi connectivity index (χ3v) is 3.63. The number of rotatable bonds is 2. The van der Waals surface area contributed by atoms with Crippen LogP contribution >= 0.6 is 0 Å². The molecule has 19 heavy (non-hydrogen) atoms. The molecule has 0 saturated carbocycles. The van der Waals surface area contributed by atoms with Crippen LogP contribution in [-0.2, 0) is 17.1 Å². The van der Waals surface area contributed by atoms with E-state index in [-0.39, 0.29) is 17.1 Å². The zero-order chi connectivity index (χ0) is 13.4. The van der Waals surface area contributed by atoms with Gasteiger partial charge in [-0.25, -0.2) is 0 Å². The maximum atomic E-state index is 10.3. The molecule has 0 amide bonds. The van der Waals surface area contributed by atoms with Crippen molar-refractivity contribution in [3.8, 4) is 0 Å². The van der Waals surface area contributed by atoms with Crippen LogP contribution in [0.3, 0.4) is 0 Å². The Morgan fingerprint density at radius 3 is 0.947 bits per heavy atom. The molecule has 0 aromatic heterocycles. The monoisotopic (exact) mass is 337 g/mol. The Morgan fingerprint density at radius 2 is 0.789 bits per heavy atom. The molecule has 105 valence electrons. The van der Waals surface area contributed by atoms with Crippen molar-refractivity contribution in [2.45, 2.75) is 0 Å². The summed E-state index contributed by atoms with van der Waals surface area (Å²) in [7, 11) is -5.42. The van der Waals surface area contributed by atoms with Gasteiger partial charge in [-0.3, -0.25) is 0 Å². The van der Waals surface area contributed by atoms with E-state index < -0.39 is 18.6 Å². The molecular formula is C12H10CuO4Si2-4. The third kappa shape index (κ3) is 7.41. The smallest absolute Gasteiger partial charge is 0 e. The van der Waals surface area contributed by atoms with E-state index in [0.717, 1.165) is 0 Å². The number of hydrogen-bond acceptors (Lipinski definition) is 4. The molecular weight excluding hydrogens is 328 g/mol. The van der Waals surface area contributed by atoms with Crippen LogP contribution in [0.25, 0.3) is 0 Å². The van der Waals surface area contributed by atoms with Crippen LogP contribution in [0.15, 0.2) is 60.7 Å². The second-order valence-electron chi connectivity index (χ2n) is 3.31. The van der Waals surface area contributed by atoms with Gasteiger partial charge in [0.1, 0.15) is 0 Å². The molecule has 0 unspecified atom stereocenters. The summed E-state index contributed by atoms with van der Waals surface area (Å²) in [6.07, 6.45) is 0. The first kappa shape index (κ1) is 18.2. The standard InChI is InChI=1S/2C6H5O2Si.Cu/c2*7-9(8)6-4-2-1-3-5-6;/h2*1-5H;/q2*-2;. The molecule has 0 aliphatic rings. The first-order chi connectivity index (χ1) is 8.61. The second-order valence-corrected chi connectivity index (χ2v) is 5.61. The van der Waals surface area contributed by atoms with E-state index in [4.69, 9.17) is 0 Å². The molecule has 2 aromatic carbocycles. The molecule has 7 heteroatoms. The quantitative estimate of drug-likeness (QED) is 0.525. The van der Waals surface area contributed by atoms with Gasteiger partial charge in [0.25, 0.3) is 0 Å². The normalized spacial score (nSPS) is 9.58. The fraction of sp³-hybridized carbons (Fsp3) is 0. The first-order valence-electron chi connectivity index (χ1n) is 5.14. The summed E-state index contributed by atoms with van der Waals surface area (Å²) >= 11 is 0. The Morgan fingerprint density at radius 1 is 0.526 bits per heavy atom. The molecule has 0 bridgehead atoms. The fourth-order valence-electron chi connectivity index (χ4n) is 1.15. The molecule has 0 spiro atoms. The van der Waals surface area contributed by atoms with E-state index >= 15 is 0 Å². The van der Waals surface area contributed by atoms with Gasteiger partial charge in [0.05, 0.1) is 0 Å². The van der Waals surface area contributed by atoms with Crippen molar-refractivity contribution in [2.75, 3.05) is 0 Å². The zero-order valence-corrected chi connectivity index (χ0v) is 12.6. The van der Waals surface area contributed by atoms with Crippen LogP contribution in [0, 0.1) is 0 Å². The van der Waals surface area contributed by atoms with Gasteiger partial charge >= 0.3 is 0 Å². The minimum atomic E-state index is -2.71. The topological polar surface area (TPSA) is 92.2 Å². The van der Waals surface area contributed by atoms with E-state index in [1.54, 1.807) is 60.7 Å². The van der Waals surface area contributed by atoms with Crippen LogP contribution < -0.4 is 29.6 Å². The van der Waals surface area contributed by atoms with Crippen LogP contribution in [0.2, 0.25) is 0 Å². The summed E-state index contributed by atoms with van der Waals surface area (Å²) in [6.45, 7) is 0. The molecule has 0 saturated heterocycles. The minimum Gasteiger partial charge on any atom is -0.869 e. The van der Waals surface area contributed by atoms with Gasteiger partial charge in [0, 0.05) is 17.1 Å². The molecule has 0 N–H and O–H groups in total. The molecule has 0 fully saturated rings. The van der Waals surface area contributed by atoms with Gasteiger partial charge in [-0.2, -0.15) is 18.6 Å². The van der Waals surface area contributed by atoms with E-state index in [2.05, 4.69) is 0 Å². The van der Waals surface area contributed by atoms with Gasteiger partial charge in [-0.15, -0.1) is 10.4 Å². The second kappa shape index (κ2) is 10.1. The van der Waals surface area contributed by atoms with E-state index in [9.17, 15) is 19.2 Å². The molecule has 0 atom stereocenters. The fourth-order valence-corrected chi connectivity index (χ4v) is 2.08. The average Bonchev–Trinajstić information content (AvgIpc) is 2.41. The predicted octanol–water partition coefficient (Wildman–Crippen LogP) is -3.80. The van der Waals surface area contributed by atoms with Crippen molar-refractivity contribution in [3.63, 3.8) is 0 Å². The Bertz CT molecular complexity index is 396. The van der Waals surface area contributed by atoms with Gasteiger partial charge < -0.3 is 19.2 Å². The van der Waals surface area contributed by atoms with Crippen LogP contribution in [0.4, 0.5) is 0 Å². The van der Waals surface area contributed by atoms with Crippen molar-refractivity contribution in [3.05, 3.63) is 60.7 Å². The molecule has 4 nitrogen and oxygen atoms in total. The van der Waals surface area contributed by atoms with Gasteiger partial charge in [-0.1, -0.05) is 60.7 Å². The van der Waals surface area contributed by atoms with Gasteiger partial charge in [0.2, 0.25) is 0 Å². The summed E-state index contributed by atoms with van der Waals surface area (Å²) < 4.78 is 0. The first-order valence-corrected chi connectivity index (χ1v) is 7.77. The Balaban J connectivity index is 0.000000324. The molecule has 0 aliphatic carbocycles. The molecule has 3 radical (unpaired) electrons. The Labute approximate surface area is 126 Å². The van der Waals surface area contributed by atoms with Crippen molar-refractivity contribution in [1.29, 1.82) is 0 Å². The van der Waals surface area contributed by atoms with E-state index in [1.165, 1.54) is 0 Å². The van der Waals surface area contributed by atoms with Crippen LogP contribution in [-0.4, -0.2) is 18.6 Å². The summed E-state index contributed by atoms with van der Waals surface area (Å²) in [4.78, 5) is 41.1. The molecule has 2 aromatic rings. The summed E-state index contributed by atoms with van der Waals surface area (Å²) in [5.74, 6) is 0. The van der Waals surface area contributed by atoms with Crippen LogP contribution in [0.1, 0.15) is 0 Å². The van der Waals surface area contributed by atoms with Crippen molar-refractivity contribution >= 4 is 28.9 Å². The van der Waals surface area contributed by atoms with Crippen LogP contribution in [0.5, 0.6) is 0 Å². The van der Waals surface area contributed by atoms with E-state index in [0.29, 0.717) is 10.4 Å². The van der Waals surface area contributed by atoms with Crippen molar-refractivity contribution in [1.82, 2.24) is 0 Å². The number of benzene rings is 2. The number of hydrogen-bond donors (Lipinski definition) is 0. The molecule has 0 aliphatic heterocycles. The maximum absolute atomic E-state index is 10.3. The predicted molar refractivity (Wildman–Crippen MR) is 63.7 cm³/mol.